The van der Waals surface area contributed by atoms with Crippen LogP contribution in [-0.2, 0) is 0 Å². The molecule has 0 unspecified atom stereocenters. The smallest absolute Gasteiger partial charge is 0.254 e. The van der Waals surface area contributed by atoms with Gasteiger partial charge < -0.3 is 9.47 Å². The molecule has 0 aliphatic carbocycles. The molecule has 3 nitrogen and oxygen atoms in total. The lowest BCUT2D eigenvalue weighted by Crippen LogP contribution is -2.42. The Balaban J connectivity index is 2.31. The highest BCUT2D eigenvalue weighted by molar-refractivity contribution is 5.94. The molecule has 0 bridgehead atoms. The summed E-state index contributed by atoms with van der Waals surface area (Å²) in [4.78, 5) is 14.6. The van der Waals surface area contributed by atoms with E-state index in [1.54, 1.807) is 0 Å². The van der Waals surface area contributed by atoms with Crippen LogP contribution in [0.4, 0.5) is 0 Å². The van der Waals surface area contributed by atoms with Gasteiger partial charge in [-0.15, -0.1) is 0 Å². The number of benzene rings is 1. The predicted molar refractivity (Wildman–Crippen MR) is 91.7 cm³/mol. The van der Waals surface area contributed by atoms with Gasteiger partial charge in [-0.3, -0.25) is 4.79 Å². The second-order valence-electron chi connectivity index (χ2n) is 6.40. The fraction of sp³-hybridized carbons (Fsp3) is 0.421. The minimum atomic E-state index is 0.0949. The van der Waals surface area contributed by atoms with Gasteiger partial charge >= 0.3 is 0 Å². The summed E-state index contributed by atoms with van der Waals surface area (Å²) in [5.74, 6) is 0.0949. The zero-order valence-corrected chi connectivity index (χ0v) is 14.4. The summed E-state index contributed by atoms with van der Waals surface area (Å²) in [6, 6.07) is 12.5. The van der Waals surface area contributed by atoms with Crippen LogP contribution in [0.1, 0.15) is 49.4 Å². The van der Waals surface area contributed by atoms with E-state index in [1.165, 1.54) is 11.4 Å². The van der Waals surface area contributed by atoms with E-state index in [2.05, 4.69) is 58.2 Å². The Morgan fingerprint density at radius 2 is 1.32 bits per heavy atom. The second kappa shape index (κ2) is 6.39. The fourth-order valence-corrected chi connectivity index (χ4v) is 3.04. The van der Waals surface area contributed by atoms with Crippen LogP contribution in [0, 0.1) is 13.8 Å². The quantitative estimate of drug-likeness (QED) is 0.823. The van der Waals surface area contributed by atoms with Crippen molar-refractivity contribution in [2.24, 2.45) is 0 Å². The maximum Gasteiger partial charge on any atom is 0.254 e. The van der Waals surface area contributed by atoms with Crippen LogP contribution in [-0.4, -0.2) is 27.5 Å². The molecule has 0 spiro atoms. The SMILES string of the molecule is Cc1ccc(C)n1-c1ccc(C(=O)N(C(C)C)C(C)C)cc1. The Morgan fingerprint density at radius 1 is 0.864 bits per heavy atom. The molecule has 1 heterocycles. The Kier molecular flexibility index (Phi) is 4.74. The van der Waals surface area contributed by atoms with Crippen LogP contribution < -0.4 is 0 Å². The van der Waals surface area contributed by atoms with Gasteiger partial charge in [-0.05, 0) is 77.9 Å². The lowest BCUT2D eigenvalue weighted by atomic mass is 10.1. The number of amides is 1. The number of aromatic nitrogens is 1. The van der Waals surface area contributed by atoms with Gasteiger partial charge in [0.15, 0.2) is 0 Å². The van der Waals surface area contributed by atoms with Gasteiger partial charge in [0.1, 0.15) is 0 Å². The topological polar surface area (TPSA) is 25.2 Å². The van der Waals surface area contributed by atoms with Gasteiger partial charge in [0.05, 0.1) is 0 Å². The standard InChI is InChI=1S/C19H26N2O/c1-13(2)20(14(3)4)19(22)17-9-11-18(12-10-17)21-15(5)7-8-16(21)6/h7-14H,1-6H3. The zero-order chi connectivity index (χ0) is 16.4. The number of nitrogens with zero attached hydrogens (tertiary/aromatic N) is 2. The van der Waals surface area contributed by atoms with Crippen molar-refractivity contribution < 1.29 is 4.79 Å². The van der Waals surface area contributed by atoms with Crippen molar-refractivity contribution in [3.63, 3.8) is 0 Å². The average molecular weight is 298 g/mol. The predicted octanol–water partition coefficient (Wildman–Crippen LogP) is 4.35. The second-order valence-corrected chi connectivity index (χ2v) is 6.40. The van der Waals surface area contributed by atoms with Crippen molar-refractivity contribution in [3.8, 4) is 5.69 Å². The van der Waals surface area contributed by atoms with Crippen molar-refractivity contribution in [1.82, 2.24) is 9.47 Å². The summed E-state index contributed by atoms with van der Waals surface area (Å²) in [5, 5.41) is 0. The first kappa shape index (κ1) is 16.3. The van der Waals surface area contributed by atoms with Crippen LogP contribution in [0.25, 0.3) is 5.69 Å². The third kappa shape index (κ3) is 3.08. The zero-order valence-electron chi connectivity index (χ0n) is 14.4. The maximum atomic E-state index is 12.7. The summed E-state index contributed by atoms with van der Waals surface area (Å²) in [7, 11) is 0. The largest absolute Gasteiger partial charge is 0.334 e. The molecule has 0 aliphatic rings. The molecule has 0 radical (unpaired) electrons. The highest BCUT2D eigenvalue weighted by atomic mass is 16.2. The Morgan fingerprint density at radius 3 is 1.73 bits per heavy atom. The highest BCUT2D eigenvalue weighted by Crippen LogP contribution is 2.18. The molecule has 0 N–H and O–H groups in total. The normalized spacial score (nSPS) is 11.3. The van der Waals surface area contributed by atoms with Crippen molar-refractivity contribution in [2.75, 3.05) is 0 Å². The number of carbonyl (C=O) groups is 1. The molecule has 2 rings (SSSR count). The Bertz CT molecular complexity index is 623. The van der Waals surface area contributed by atoms with Crippen molar-refractivity contribution in [3.05, 3.63) is 53.3 Å². The molecule has 2 aromatic rings. The number of hydrogen-bond acceptors (Lipinski definition) is 1. The van der Waals surface area contributed by atoms with Gasteiger partial charge in [0.25, 0.3) is 5.91 Å². The van der Waals surface area contributed by atoms with Crippen molar-refractivity contribution in [1.29, 1.82) is 0 Å². The van der Waals surface area contributed by atoms with Crippen molar-refractivity contribution in [2.45, 2.75) is 53.6 Å². The maximum absolute atomic E-state index is 12.7. The monoisotopic (exact) mass is 298 g/mol. The third-order valence-electron chi connectivity index (χ3n) is 3.99. The summed E-state index contributed by atoms with van der Waals surface area (Å²) in [6.07, 6.45) is 0. The van der Waals surface area contributed by atoms with Gasteiger partial charge in [-0.1, -0.05) is 0 Å². The van der Waals surface area contributed by atoms with E-state index in [9.17, 15) is 4.79 Å². The summed E-state index contributed by atoms with van der Waals surface area (Å²) >= 11 is 0. The molecule has 0 atom stereocenters. The van der Waals surface area contributed by atoms with E-state index in [0.29, 0.717) is 0 Å². The van der Waals surface area contributed by atoms with E-state index < -0.39 is 0 Å². The molecule has 0 saturated carbocycles. The molecular weight excluding hydrogens is 272 g/mol. The Hall–Kier alpha value is -2.03. The lowest BCUT2D eigenvalue weighted by Gasteiger charge is -2.31. The molecule has 3 heteroatoms. The van der Waals surface area contributed by atoms with E-state index >= 15 is 0 Å². The lowest BCUT2D eigenvalue weighted by molar-refractivity contribution is 0.0644. The van der Waals surface area contributed by atoms with Crippen LogP contribution in [0.15, 0.2) is 36.4 Å². The average Bonchev–Trinajstić information content (AvgIpc) is 2.77. The molecule has 0 fully saturated rings. The molecule has 118 valence electrons. The minimum Gasteiger partial charge on any atom is -0.334 e. The first-order valence-electron chi connectivity index (χ1n) is 7.91. The third-order valence-corrected chi connectivity index (χ3v) is 3.99. The van der Waals surface area contributed by atoms with Gasteiger partial charge in [0, 0.05) is 34.7 Å². The molecule has 0 saturated heterocycles. The number of carbonyl (C=O) groups excluding carboxylic acids is 1. The van der Waals surface area contributed by atoms with E-state index in [4.69, 9.17) is 0 Å². The van der Waals surface area contributed by atoms with Crippen LogP contribution in [0.5, 0.6) is 0 Å². The van der Waals surface area contributed by atoms with Crippen LogP contribution in [0.2, 0.25) is 0 Å². The minimum absolute atomic E-state index is 0.0949. The highest BCUT2D eigenvalue weighted by Gasteiger charge is 2.21. The molecule has 1 aromatic heterocycles. The molecule has 1 aromatic carbocycles. The summed E-state index contributed by atoms with van der Waals surface area (Å²) < 4.78 is 2.19. The number of rotatable bonds is 4. The van der Waals surface area contributed by atoms with Gasteiger partial charge in [0.2, 0.25) is 0 Å². The first-order valence-corrected chi connectivity index (χ1v) is 7.91. The molecular formula is C19H26N2O. The van der Waals surface area contributed by atoms with Gasteiger partial charge in [-0.2, -0.15) is 0 Å². The molecule has 22 heavy (non-hydrogen) atoms. The van der Waals surface area contributed by atoms with Crippen LogP contribution >= 0.6 is 0 Å². The summed E-state index contributed by atoms with van der Waals surface area (Å²) in [6.45, 7) is 12.4. The van der Waals surface area contributed by atoms with Crippen LogP contribution in [0.3, 0.4) is 0 Å². The van der Waals surface area contributed by atoms with E-state index in [-0.39, 0.29) is 18.0 Å². The number of hydrogen-bond donors (Lipinski definition) is 0. The van der Waals surface area contributed by atoms with E-state index in [1.807, 2.05) is 29.2 Å². The molecule has 0 aliphatic heterocycles. The molecule has 1 amide bonds. The van der Waals surface area contributed by atoms with E-state index in [0.717, 1.165) is 11.3 Å². The summed E-state index contributed by atoms with van der Waals surface area (Å²) in [5.41, 5.74) is 4.23. The fourth-order valence-electron chi connectivity index (χ4n) is 3.04. The number of aryl methyl sites for hydroxylation is 2. The van der Waals surface area contributed by atoms with Crippen molar-refractivity contribution >= 4 is 5.91 Å². The first-order chi connectivity index (χ1) is 10.3. The van der Waals surface area contributed by atoms with Gasteiger partial charge in [-0.25, -0.2) is 0 Å². The Labute approximate surface area is 133 Å².